The van der Waals surface area contributed by atoms with Gasteiger partial charge in [-0.2, -0.15) is 0 Å². The van der Waals surface area contributed by atoms with Crippen LogP contribution in [0.4, 0.5) is 0 Å². The Morgan fingerprint density at radius 2 is 2.06 bits per heavy atom. The van der Waals surface area contributed by atoms with Crippen LogP contribution >= 0.6 is 15.9 Å². The number of carboxylic acids is 1. The number of aliphatic hydroxyl groups excluding tert-OH is 2. The molecule has 0 amide bonds. The number of aromatic carboxylic acids is 1. The third kappa shape index (κ3) is 2.79. The Labute approximate surface area is 101 Å². The maximum atomic E-state index is 10.9. The largest absolute Gasteiger partial charge is 0.478 e. The molecule has 6 heteroatoms. The number of carboxylic acid groups (broad SMARTS) is 1. The van der Waals surface area contributed by atoms with Gasteiger partial charge in [-0.15, -0.1) is 0 Å². The number of aliphatic hydroxyl groups is 2. The van der Waals surface area contributed by atoms with Crippen molar-refractivity contribution in [3.05, 3.63) is 33.8 Å². The molecule has 1 rings (SSSR count). The second kappa shape index (κ2) is 5.40. The lowest BCUT2D eigenvalue weighted by Gasteiger charge is -2.18. The average Bonchev–Trinajstić information content (AvgIpc) is 2.26. The van der Waals surface area contributed by atoms with E-state index in [0.29, 0.717) is 4.47 Å². The third-order valence-corrected chi connectivity index (χ3v) is 2.66. The van der Waals surface area contributed by atoms with E-state index in [0.717, 1.165) is 0 Å². The Kier molecular flexibility index (Phi) is 4.43. The standard InChI is InChI=1S/C10H12BrNO4/c11-5-1-2-6(7(3-5)10(15)16)9(14)8(13)4-12/h1-3,8-9,13-14H,4,12H2,(H,15,16). The van der Waals surface area contributed by atoms with E-state index in [-0.39, 0.29) is 17.7 Å². The zero-order valence-electron chi connectivity index (χ0n) is 8.30. The van der Waals surface area contributed by atoms with Crippen LogP contribution in [-0.2, 0) is 0 Å². The molecule has 5 nitrogen and oxygen atoms in total. The van der Waals surface area contributed by atoms with Crippen molar-refractivity contribution in [3.8, 4) is 0 Å². The quantitative estimate of drug-likeness (QED) is 0.646. The molecule has 0 radical (unpaired) electrons. The van der Waals surface area contributed by atoms with E-state index in [4.69, 9.17) is 10.8 Å². The lowest BCUT2D eigenvalue weighted by molar-refractivity contribution is 0.0232. The van der Waals surface area contributed by atoms with Gasteiger partial charge in [0.2, 0.25) is 0 Å². The van der Waals surface area contributed by atoms with Gasteiger partial charge in [-0.05, 0) is 17.7 Å². The van der Waals surface area contributed by atoms with Gasteiger partial charge in [0.25, 0.3) is 0 Å². The summed E-state index contributed by atoms with van der Waals surface area (Å²) in [6.45, 7) is -0.143. The fourth-order valence-electron chi connectivity index (χ4n) is 1.31. The van der Waals surface area contributed by atoms with Gasteiger partial charge in [-0.1, -0.05) is 22.0 Å². The van der Waals surface area contributed by atoms with Crippen molar-refractivity contribution in [2.45, 2.75) is 12.2 Å². The van der Waals surface area contributed by atoms with Crippen LogP contribution in [0.2, 0.25) is 0 Å². The highest BCUT2D eigenvalue weighted by atomic mass is 79.9. The second-order valence-electron chi connectivity index (χ2n) is 3.28. The molecular weight excluding hydrogens is 278 g/mol. The number of hydrogen-bond acceptors (Lipinski definition) is 4. The minimum Gasteiger partial charge on any atom is -0.478 e. The number of halogens is 1. The summed E-state index contributed by atoms with van der Waals surface area (Å²) in [6, 6.07) is 4.40. The van der Waals surface area contributed by atoms with Crippen LogP contribution in [0.25, 0.3) is 0 Å². The van der Waals surface area contributed by atoms with E-state index < -0.39 is 18.2 Å². The van der Waals surface area contributed by atoms with E-state index in [1.165, 1.54) is 12.1 Å². The van der Waals surface area contributed by atoms with E-state index in [1.54, 1.807) is 6.07 Å². The fourth-order valence-corrected chi connectivity index (χ4v) is 1.67. The highest BCUT2D eigenvalue weighted by Crippen LogP contribution is 2.24. The van der Waals surface area contributed by atoms with Gasteiger partial charge in [0.1, 0.15) is 6.10 Å². The Hall–Kier alpha value is -0.950. The van der Waals surface area contributed by atoms with Gasteiger partial charge in [-0.3, -0.25) is 0 Å². The van der Waals surface area contributed by atoms with E-state index in [2.05, 4.69) is 15.9 Å². The van der Waals surface area contributed by atoms with Crippen LogP contribution in [0.15, 0.2) is 22.7 Å². The van der Waals surface area contributed by atoms with Gasteiger partial charge in [0, 0.05) is 11.0 Å². The predicted molar refractivity (Wildman–Crippen MR) is 61.1 cm³/mol. The minimum absolute atomic E-state index is 0.0608. The molecule has 0 spiro atoms. The summed E-state index contributed by atoms with van der Waals surface area (Å²) in [5.41, 5.74) is 5.29. The van der Waals surface area contributed by atoms with E-state index in [1.807, 2.05) is 0 Å². The normalized spacial score (nSPS) is 14.5. The molecule has 0 aliphatic rings. The Morgan fingerprint density at radius 3 is 2.56 bits per heavy atom. The molecule has 0 saturated carbocycles. The number of nitrogens with two attached hydrogens (primary N) is 1. The molecule has 1 aromatic rings. The zero-order valence-corrected chi connectivity index (χ0v) is 9.89. The summed E-state index contributed by atoms with van der Waals surface area (Å²) in [5, 5.41) is 28.0. The molecule has 0 saturated heterocycles. The summed E-state index contributed by atoms with van der Waals surface area (Å²) >= 11 is 3.14. The first kappa shape index (κ1) is 13.1. The molecular formula is C10H12BrNO4. The van der Waals surface area contributed by atoms with Crippen molar-refractivity contribution < 1.29 is 20.1 Å². The maximum absolute atomic E-state index is 10.9. The molecule has 0 heterocycles. The molecule has 88 valence electrons. The molecule has 2 unspecified atom stereocenters. The maximum Gasteiger partial charge on any atom is 0.336 e. The van der Waals surface area contributed by atoms with Crippen LogP contribution < -0.4 is 5.73 Å². The molecule has 0 aliphatic heterocycles. The molecule has 16 heavy (non-hydrogen) atoms. The first-order chi connectivity index (χ1) is 7.47. The van der Waals surface area contributed by atoms with Crippen molar-refractivity contribution in [1.29, 1.82) is 0 Å². The highest BCUT2D eigenvalue weighted by Gasteiger charge is 2.22. The van der Waals surface area contributed by atoms with Crippen molar-refractivity contribution >= 4 is 21.9 Å². The number of carbonyl (C=O) groups is 1. The van der Waals surface area contributed by atoms with Crippen LogP contribution in [0, 0.1) is 0 Å². The van der Waals surface area contributed by atoms with Crippen molar-refractivity contribution in [2.75, 3.05) is 6.54 Å². The number of benzene rings is 1. The molecule has 1 aromatic carbocycles. The fraction of sp³-hybridized carbons (Fsp3) is 0.300. The van der Waals surface area contributed by atoms with Crippen LogP contribution in [-0.4, -0.2) is 33.9 Å². The van der Waals surface area contributed by atoms with Crippen molar-refractivity contribution in [2.24, 2.45) is 5.73 Å². The summed E-state index contributed by atoms with van der Waals surface area (Å²) in [5.74, 6) is -1.17. The van der Waals surface area contributed by atoms with E-state index in [9.17, 15) is 15.0 Å². The zero-order chi connectivity index (χ0) is 12.3. The number of hydrogen-bond donors (Lipinski definition) is 4. The molecule has 5 N–H and O–H groups in total. The summed E-state index contributed by atoms with van der Waals surface area (Å²) < 4.78 is 0.586. The van der Waals surface area contributed by atoms with Crippen LogP contribution in [0.1, 0.15) is 22.0 Å². The van der Waals surface area contributed by atoms with Crippen molar-refractivity contribution in [3.63, 3.8) is 0 Å². The molecule has 0 aliphatic carbocycles. The monoisotopic (exact) mass is 289 g/mol. The minimum atomic E-state index is -1.30. The molecule has 2 atom stereocenters. The lowest BCUT2D eigenvalue weighted by atomic mass is 9.99. The average molecular weight is 290 g/mol. The Bertz CT molecular complexity index is 396. The van der Waals surface area contributed by atoms with Crippen LogP contribution in [0.5, 0.6) is 0 Å². The van der Waals surface area contributed by atoms with Gasteiger partial charge in [0.15, 0.2) is 0 Å². The first-order valence-corrected chi connectivity index (χ1v) is 5.35. The van der Waals surface area contributed by atoms with Gasteiger partial charge in [-0.25, -0.2) is 4.79 Å². The van der Waals surface area contributed by atoms with E-state index >= 15 is 0 Å². The Morgan fingerprint density at radius 1 is 1.44 bits per heavy atom. The third-order valence-electron chi connectivity index (χ3n) is 2.17. The lowest BCUT2D eigenvalue weighted by Crippen LogP contribution is -2.28. The van der Waals surface area contributed by atoms with Gasteiger partial charge in [0.05, 0.1) is 11.7 Å². The molecule has 0 aromatic heterocycles. The second-order valence-corrected chi connectivity index (χ2v) is 4.20. The molecule has 0 fully saturated rings. The van der Waals surface area contributed by atoms with Crippen molar-refractivity contribution in [1.82, 2.24) is 0 Å². The summed E-state index contributed by atoms with van der Waals surface area (Å²) in [7, 11) is 0. The Balaban J connectivity index is 3.17. The predicted octanol–water partition coefficient (Wildman–Crippen LogP) is 0.500. The highest BCUT2D eigenvalue weighted by molar-refractivity contribution is 9.10. The topological polar surface area (TPSA) is 104 Å². The van der Waals surface area contributed by atoms with Gasteiger partial charge >= 0.3 is 5.97 Å². The number of rotatable bonds is 4. The smallest absolute Gasteiger partial charge is 0.336 e. The summed E-state index contributed by atoms with van der Waals surface area (Å²) in [6.07, 6.45) is -2.48. The summed E-state index contributed by atoms with van der Waals surface area (Å²) in [4.78, 5) is 10.9. The molecule has 0 bridgehead atoms. The van der Waals surface area contributed by atoms with Crippen LogP contribution in [0.3, 0.4) is 0 Å². The SMILES string of the molecule is NCC(O)C(O)c1ccc(Br)cc1C(=O)O. The van der Waals surface area contributed by atoms with Gasteiger partial charge < -0.3 is 21.1 Å². The first-order valence-electron chi connectivity index (χ1n) is 4.56.